The fraction of sp³-hybridized carbons (Fsp3) is 0.235. The molecule has 1 amide bonds. The molecule has 0 aliphatic heterocycles. The van der Waals surface area contributed by atoms with E-state index in [0.717, 1.165) is 12.1 Å². The minimum atomic E-state index is -4.47. The fourth-order valence-corrected chi connectivity index (χ4v) is 1.99. The summed E-state index contributed by atoms with van der Waals surface area (Å²) in [7, 11) is 0. The summed E-state index contributed by atoms with van der Waals surface area (Å²) in [6, 6.07) is 7.22. The summed E-state index contributed by atoms with van der Waals surface area (Å²) in [6.45, 7) is 0. The summed E-state index contributed by atoms with van der Waals surface area (Å²) in [5.41, 5.74) is -0.490. The number of nitrogens with one attached hydrogen (secondary N) is 1. The second-order valence-corrected chi connectivity index (χ2v) is 5.29. The van der Waals surface area contributed by atoms with E-state index >= 15 is 0 Å². The van der Waals surface area contributed by atoms with Gasteiger partial charge in [-0.2, -0.15) is 13.2 Å². The first kappa shape index (κ1) is 19.2. The standard InChI is InChI=1S/C17H15F3N2O4/c18-17(19,20)11-3-1-4-13(9-11)26-15-8-7-12(10-21-15)22-14(23)5-2-6-16(24)25/h1,3-4,7-10H,2,5-6H2,(H,22,23)(H,24,25)/p-1. The number of amides is 1. The number of alkyl halides is 3. The number of aliphatic carboxylic acids is 1. The third-order valence-corrected chi connectivity index (χ3v) is 3.19. The minimum Gasteiger partial charge on any atom is -0.550 e. The summed E-state index contributed by atoms with van der Waals surface area (Å²) in [5, 5.41) is 12.8. The lowest BCUT2D eigenvalue weighted by molar-refractivity contribution is -0.305. The van der Waals surface area contributed by atoms with Gasteiger partial charge in [0.25, 0.3) is 0 Å². The summed E-state index contributed by atoms with van der Waals surface area (Å²) >= 11 is 0. The van der Waals surface area contributed by atoms with Crippen molar-refractivity contribution >= 4 is 17.6 Å². The van der Waals surface area contributed by atoms with Gasteiger partial charge in [0.15, 0.2) is 0 Å². The number of halogens is 3. The number of carbonyl (C=O) groups is 2. The number of carbonyl (C=O) groups excluding carboxylic acids is 2. The molecule has 0 saturated carbocycles. The zero-order chi connectivity index (χ0) is 19.2. The molecule has 0 atom stereocenters. The van der Waals surface area contributed by atoms with Crippen molar-refractivity contribution in [2.45, 2.75) is 25.4 Å². The number of anilines is 1. The second kappa shape index (κ2) is 8.32. The van der Waals surface area contributed by atoms with Gasteiger partial charge in [-0.15, -0.1) is 0 Å². The first-order chi connectivity index (χ1) is 12.2. The van der Waals surface area contributed by atoms with Crippen molar-refractivity contribution in [3.05, 3.63) is 48.2 Å². The van der Waals surface area contributed by atoms with E-state index in [1.165, 1.54) is 30.5 Å². The predicted molar refractivity (Wildman–Crippen MR) is 83.2 cm³/mol. The van der Waals surface area contributed by atoms with E-state index in [2.05, 4.69) is 10.3 Å². The molecule has 9 heteroatoms. The Kier molecular flexibility index (Phi) is 6.16. The highest BCUT2D eigenvalue weighted by Gasteiger charge is 2.30. The average Bonchev–Trinajstić information content (AvgIpc) is 2.56. The van der Waals surface area contributed by atoms with Crippen molar-refractivity contribution in [3.63, 3.8) is 0 Å². The summed E-state index contributed by atoms with van der Waals surface area (Å²) in [6.07, 6.45) is -3.25. The van der Waals surface area contributed by atoms with Crippen LogP contribution < -0.4 is 15.2 Å². The Hall–Kier alpha value is -3.10. The van der Waals surface area contributed by atoms with E-state index in [0.29, 0.717) is 5.69 Å². The van der Waals surface area contributed by atoms with Crippen LogP contribution in [0.1, 0.15) is 24.8 Å². The van der Waals surface area contributed by atoms with E-state index in [9.17, 15) is 27.9 Å². The largest absolute Gasteiger partial charge is 0.550 e. The van der Waals surface area contributed by atoms with Gasteiger partial charge in [-0.25, -0.2) is 4.98 Å². The van der Waals surface area contributed by atoms with Crippen LogP contribution in [0.3, 0.4) is 0 Å². The highest BCUT2D eigenvalue weighted by molar-refractivity contribution is 5.90. The fourth-order valence-electron chi connectivity index (χ4n) is 1.99. The Labute approximate surface area is 146 Å². The van der Waals surface area contributed by atoms with Crippen LogP contribution in [0.25, 0.3) is 0 Å². The molecule has 0 saturated heterocycles. The quantitative estimate of drug-likeness (QED) is 0.813. The molecule has 2 aromatic rings. The van der Waals surface area contributed by atoms with Gasteiger partial charge in [-0.1, -0.05) is 6.07 Å². The lowest BCUT2D eigenvalue weighted by Crippen LogP contribution is -2.22. The van der Waals surface area contributed by atoms with Crippen LogP contribution in [0, 0.1) is 0 Å². The number of hydrogen-bond donors (Lipinski definition) is 1. The van der Waals surface area contributed by atoms with Gasteiger partial charge < -0.3 is 20.0 Å². The van der Waals surface area contributed by atoms with Gasteiger partial charge in [0, 0.05) is 18.5 Å². The van der Waals surface area contributed by atoms with Gasteiger partial charge in [0.05, 0.1) is 17.4 Å². The first-order valence-electron chi connectivity index (χ1n) is 7.55. The monoisotopic (exact) mass is 367 g/mol. The number of pyridine rings is 1. The number of carboxylic acid groups (broad SMARTS) is 1. The molecule has 1 N–H and O–H groups in total. The maximum atomic E-state index is 12.7. The third-order valence-electron chi connectivity index (χ3n) is 3.19. The molecule has 0 unspecified atom stereocenters. The van der Waals surface area contributed by atoms with E-state index in [1.807, 2.05) is 0 Å². The van der Waals surface area contributed by atoms with Gasteiger partial charge >= 0.3 is 6.18 Å². The predicted octanol–water partition coefficient (Wildman–Crippen LogP) is 2.75. The molecule has 0 aliphatic rings. The Morgan fingerprint density at radius 2 is 1.92 bits per heavy atom. The van der Waals surface area contributed by atoms with Crippen molar-refractivity contribution in [2.75, 3.05) is 5.32 Å². The molecule has 0 aliphatic carbocycles. The van der Waals surface area contributed by atoms with Crippen LogP contribution in [0.5, 0.6) is 11.6 Å². The Balaban J connectivity index is 1.93. The van der Waals surface area contributed by atoms with Crippen LogP contribution >= 0.6 is 0 Å². The van der Waals surface area contributed by atoms with Crippen LogP contribution in [-0.2, 0) is 15.8 Å². The molecule has 26 heavy (non-hydrogen) atoms. The maximum absolute atomic E-state index is 12.7. The number of benzene rings is 1. The van der Waals surface area contributed by atoms with Gasteiger partial charge in [-0.3, -0.25) is 4.79 Å². The number of hydrogen-bond acceptors (Lipinski definition) is 5. The molecule has 0 bridgehead atoms. The summed E-state index contributed by atoms with van der Waals surface area (Å²) in [5.74, 6) is -1.58. The number of nitrogens with zero attached hydrogens (tertiary/aromatic N) is 1. The molecular formula is C17H14F3N2O4-. The number of carboxylic acids is 1. The summed E-state index contributed by atoms with van der Waals surface area (Å²) in [4.78, 5) is 25.8. The van der Waals surface area contributed by atoms with Gasteiger partial charge in [0.2, 0.25) is 11.8 Å². The lowest BCUT2D eigenvalue weighted by Gasteiger charge is -2.10. The second-order valence-electron chi connectivity index (χ2n) is 5.29. The molecule has 0 spiro atoms. The highest BCUT2D eigenvalue weighted by atomic mass is 19.4. The van der Waals surface area contributed by atoms with Crippen molar-refractivity contribution in [1.82, 2.24) is 4.98 Å². The number of aromatic nitrogens is 1. The normalized spacial score (nSPS) is 11.0. The molecule has 1 aromatic carbocycles. The Morgan fingerprint density at radius 1 is 1.15 bits per heavy atom. The van der Waals surface area contributed by atoms with Crippen LogP contribution in [0.15, 0.2) is 42.6 Å². The molecule has 2 rings (SSSR count). The Bertz CT molecular complexity index is 776. The lowest BCUT2D eigenvalue weighted by atomic mass is 10.2. The van der Waals surface area contributed by atoms with Crippen molar-refractivity contribution in [3.8, 4) is 11.6 Å². The van der Waals surface area contributed by atoms with Gasteiger partial charge in [0.1, 0.15) is 5.75 Å². The molecule has 1 heterocycles. The topological polar surface area (TPSA) is 91.3 Å². The molecule has 0 fully saturated rings. The number of ether oxygens (including phenoxy) is 1. The SMILES string of the molecule is O=C([O-])CCCC(=O)Nc1ccc(Oc2cccc(C(F)(F)F)c2)nc1. The van der Waals surface area contributed by atoms with Crippen molar-refractivity contribution < 1.29 is 32.6 Å². The molecule has 6 nitrogen and oxygen atoms in total. The molecule has 138 valence electrons. The van der Waals surface area contributed by atoms with Crippen LogP contribution in [-0.4, -0.2) is 16.9 Å². The van der Waals surface area contributed by atoms with E-state index in [1.54, 1.807) is 0 Å². The van der Waals surface area contributed by atoms with Gasteiger partial charge in [-0.05, 0) is 37.1 Å². The molecule has 0 radical (unpaired) electrons. The first-order valence-corrected chi connectivity index (χ1v) is 7.55. The maximum Gasteiger partial charge on any atom is 0.416 e. The highest BCUT2D eigenvalue weighted by Crippen LogP contribution is 2.32. The number of rotatable bonds is 7. The van der Waals surface area contributed by atoms with Crippen molar-refractivity contribution in [1.29, 1.82) is 0 Å². The zero-order valence-corrected chi connectivity index (χ0v) is 13.4. The Morgan fingerprint density at radius 3 is 2.54 bits per heavy atom. The molecule has 1 aromatic heterocycles. The minimum absolute atomic E-state index is 0.0104. The van der Waals surface area contributed by atoms with Crippen molar-refractivity contribution in [2.24, 2.45) is 0 Å². The smallest absolute Gasteiger partial charge is 0.416 e. The molecular weight excluding hydrogens is 353 g/mol. The van der Waals surface area contributed by atoms with E-state index < -0.39 is 17.7 Å². The summed E-state index contributed by atoms with van der Waals surface area (Å²) < 4.78 is 43.3. The van der Waals surface area contributed by atoms with E-state index in [4.69, 9.17) is 4.74 Å². The zero-order valence-electron chi connectivity index (χ0n) is 13.4. The van der Waals surface area contributed by atoms with Crippen LogP contribution in [0.2, 0.25) is 0 Å². The van der Waals surface area contributed by atoms with Crippen LogP contribution in [0.4, 0.5) is 18.9 Å². The average molecular weight is 367 g/mol. The van der Waals surface area contributed by atoms with E-state index in [-0.39, 0.29) is 36.8 Å². The third kappa shape index (κ3) is 6.08.